The molecule has 5 heteroatoms. The normalized spacial score (nSPS) is 22.2. The molecule has 1 amide bonds. The number of para-hydroxylation sites is 1. The minimum Gasteiger partial charge on any atom is -0.504 e. The zero-order valence-electron chi connectivity index (χ0n) is 11.2. The summed E-state index contributed by atoms with van der Waals surface area (Å²) in [4.78, 5) is 12.1. The van der Waals surface area contributed by atoms with Gasteiger partial charge in [0.15, 0.2) is 11.5 Å². The second-order valence-corrected chi connectivity index (χ2v) is 4.70. The molecular formula is C14H19NO4. The number of carbonyl (C=O) groups is 1. The smallest absolute Gasteiger partial charge is 0.255 e. The van der Waals surface area contributed by atoms with E-state index in [1.54, 1.807) is 25.3 Å². The molecule has 1 aromatic carbocycles. The van der Waals surface area contributed by atoms with Gasteiger partial charge < -0.3 is 19.9 Å². The number of benzene rings is 1. The van der Waals surface area contributed by atoms with Crippen LogP contribution in [0.1, 0.15) is 29.6 Å². The maximum atomic E-state index is 12.1. The Labute approximate surface area is 112 Å². The van der Waals surface area contributed by atoms with Crippen LogP contribution < -0.4 is 10.1 Å². The second-order valence-electron chi connectivity index (χ2n) is 4.70. The molecule has 19 heavy (non-hydrogen) atoms. The molecule has 1 saturated carbocycles. The van der Waals surface area contributed by atoms with Gasteiger partial charge in [0.05, 0.1) is 18.8 Å². The molecule has 1 aliphatic rings. The molecular weight excluding hydrogens is 246 g/mol. The molecule has 0 saturated heterocycles. The third-order valence-electron chi connectivity index (χ3n) is 3.52. The van der Waals surface area contributed by atoms with Gasteiger partial charge in [0.2, 0.25) is 0 Å². The molecule has 104 valence electrons. The molecule has 5 nitrogen and oxygen atoms in total. The molecule has 0 heterocycles. The van der Waals surface area contributed by atoms with E-state index in [1.807, 2.05) is 0 Å². The van der Waals surface area contributed by atoms with Crippen molar-refractivity contribution in [1.29, 1.82) is 0 Å². The van der Waals surface area contributed by atoms with Crippen LogP contribution in [-0.4, -0.2) is 37.4 Å². The van der Waals surface area contributed by atoms with Gasteiger partial charge in [0.25, 0.3) is 5.91 Å². The van der Waals surface area contributed by atoms with E-state index in [4.69, 9.17) is 9.47 Å². The van der Waals surface area contributed by atoms with E-state index in [0.29, 0.717) is 5.75 Å². The molecule has 0 aliphatic heterocycles. The Bertz CT molecular complexity index is 461. The molecule has 2 N–H and O–H groups in total. The van der Waals surface area contributed by atoms with Crippen molar-refractivity contribution < 1.29 is 19.4 Å². The monoisotopic (exact) mass is 265 g/mol. The first-order valence-corrected chi connectivity index (χ1v) is 6.35. The summed E-state index contributed by atoms with van der Waals surface area (Å²) < 4.78 is 10.3. The Hall–Kier alpha value is -1.75. The van der Waals surface area contributed by atoms with Crippen LogP contribution in [-0.2, 0) is 4.74 Å². The van der Waals surface area contributed by atoms with Crippen LogP contribution in [0, 0.1) is 0 Å². The fraction of sp³-hybridized carbons (Fsp3) is 0.500. The number of hydrogen-bond acceptors (Lipinski definition) is 4. The lowest BCUT2D eigenvalue weighted by molar-refractivity contribution is 0.0912. The predicted octanol–water partition coefficient (Wildman–Crippen LogP) is 1.70. The maximum absolute atomic E-state index is 12.1. The van der Waals surface area contributed by atoms with E-state index in [1.165, 1.54) is 7.11 Å². The first-order chi connectivity index (χ1) is 9.15. The zero-order valence-corrected chi connectivity index (χ0v) is 11.2. The lowest BCUT2D eigenvalue weighted by atomic mass is 10.1. The van der Waals surface area contributed by atoms with E-state index in [0.717, 1.165) is 19.3 Å². The molecule has 0 radical (unpaired) electrons. The van der Waals surface area contributed by atoms with Gasteiger partial charge in [0.1, 0.15) is 0 Å². The number of carbonyl (C=O) groups excluding carboxylic acids is 1. The van der Waals surface area contributed by atoms with Gasteiger partial charge >= 0.3 is 0 Å². The SMILES string of the molecule is COc1cccc(C(=O)NC2CCC(OC)C2)c1O. The highest BCUT2D eigenvalue weighted by Crippen LogP contribution is 2.30. The van der Waals surface area contributed by atoms with Crippen molar-refractivity contribution in [3.8, 4) is 11.5 Å². The molecule has 2 atom stereocenters. The molecule has 0 aromatic heterocycles. The summed E-state index contributed by atoms with van der Waals surface area (Å²) >= 11 is 0. The number of ether oxygens (including phenoxy) is 2. The molecule has 0 bridgehead atoms. The summed E-state index contributed by atoms with van der Waals surface area (Å²) in [6.07, 6.45) is 2.87. The average Bonchev–Trinajstić information content (AvgIpc) is 2.86. The van der Waals surface area contributed by atoms with Crippen molar-refractivity contribution in [2.75, 3.05) is 14.2 Å². The minimum atomic E-state index is -0.279. The van der Waals surface area contributed by atoms with Gasteiger partial charge in [0, 0.05) is 13.2 Å². The van der Waals surface area contributed by atoms with E-state index >= 15 is 0 Å². The van der Waals surface area contributed by atoms with Crippen LogP contribution in [0.15, 0.2) is 18.2 Å². The van der Waals surface area contributed by atoms with Crippen LogP contribution in [0.5, 0.6) is 11.5 Å². The summed E-state index contributed by atoms with van der Waals surface area (Å²) in [6, 6.07) is 4.97. The first kappa shape index (κ1) is 13.7. The van der Waals surface area contributed by atoms with Crippen LogP contribution in [0.3, 0.4) is 0 Å². The van der Waals surface area contributed by atoms with Crippen LogP contribution in [0.4, 0.5) is 0 Å². The van der Waals surface area contributed by atoms with Crippen molar-refractivity contribution >= 4 is 5.91 Å². The number of hydrogen-bond donors (Lipinski definition) is 2. The summed E-state index contributed by atoms with van der Waals surface area (Å²) in [6.45, 7) is 0. The lowest BCUT2D eigenvalue weighted by Gasteiger charge is -2.14. The topological polar surface area (TPSA) is 67.8 Å². The Morgan fingerprint density at radius 3 is 2.79 bits per heavy atom. The Kier molecular flexibility index (Phi) is 4.27. The van der Waals surface area contributed by atoms with Crippen molar-refractivity contribution in [2.45, 2.75) is 31.4 Å². The van der Waals surface area contributed by atoms with Gasteiger partial charge in [-0.3, -0.25) is 4.79 Å². The van der Waals surface area contributed by atoms with Crippen molar-refractivity contribution in [1.82, 2.24) is 5.32 Å². The van der Waals surface area contributed by atoms with Crippen LogP contribution >= 0.6 is 0 Å². The van der Waals surface area contributed by atoms with Crippen LogP contribution in [0.25, 0.3) is 0 Å². The number of phenolic OH excluding ortho intramolecular Hbond substituents is 1. The van der Waals surface area contributed by atoms with Gasteiger partial charge in [-0.15, -0.1) is 0 Å². The number of rotatable bonds is 4. The maximum Gasteiger partial charge on any atom is 0.255 e. The number of methoxy groups -OCH3 is 2. The van der Waals surface area contributed by atoms with E-state index in [9.17, 15) is 9.90 Å². The van der Waals surface area contributed by atoms with Crippen molar-refractivity contribution in [2.24, 2.45) is 0 Å². The fourth-order valence-electron chi connectivity index (χ4n) is 2.42. The number of nitrogens with one attached hydrogen (secondary N) is 1. The van der Waals surface area contributed by atoms with E-state index in [-0.39, 0.29) is 29.4 Å². The van der Waals surface area contributed by atoms with Gasteiger partial charge in [-0.1, -0.05) is 6.07 Å². The Morgan fingerprint density at radius 1 is 1.37 bits per heavy atom. The largest absolute Gasteiger partial charge is 0.504 e. The second kappa shape index (κ2) is 5.93. The molecule has 1 fully saturated rings. The number of aromatic hydroxyl groups is 1. The quantitative estimate of drug-likeness (QED) is 0.869. The molecule has 2 rings (SSSR count). The molecule has 1 aromatic rings. The summed E-state index contributed by atoms with van der Waals surface area (Å²) in [5.74, 6) is -0.101. The fourth-order valence-corrected chi connectivity index (χ4v) is 2.42. The lowest BCUT2D eigenvalue weighted by Crippen LogP contribution is -2.33. The van der Waals surface area contributed by atoms with Crippen molar-refractivity contribution in [3.63, 3.8) is 0 Å². The zero-order chi connectivity index (χ0) is 13.8. The number of phenols is 1. The predicted molar refractivity (Wildman–Crippen MR) is 70.6 cm³/mol. The molecule has 0 spiro atoms. The van der Waals surface area contributed by atoms with Crippen LogP contribution in [0.2, 0.25) is 0 Å². The third-order valence-corrected chi connectivity index (χ3v) is 3.52. The first-order valence-electron chi connectivity index (χ1n) is 6.35. The standard InChI is InChI=1S/C14H19NO4/c1-18-10-7-6-9(8-10)15-14(17)11-4-3-5-12(19-2)13(11)16/h3-5,9-10,16H,6-8H2,1-2H3,(H,15,17). The summed E-state index contributed by atoms with van der Waals surface area (Å²) in [7, 11) is 3.14. The van der Waals surface area contributed by atoms with Gasteiger partial charge in [-0.2, -0.15) is 0 Å². The summed E-state index contributed by atoms with van der Waals surface area (Å²) in [5, 5.41) is 12.8. The summed E-state index contributed by atoms with van der Waals surface area (Å²) in [5.41, 5.74) is 0.236. The minimum absolute atomic E-state index is 0.100. The van der Waals surface area contributed by atoms with E-state index < -0.39 is 0 Å². The van der Waals surface area contributed by atoms with E-state index in [2.05, 4.69) is 5.32 Å². The Balaban J connectivity index is 2.04. The average molecular weight is 265 g/mol. The Morgan fingerprint density at radius 2 is 2.16 bits per heavy atom. The highest BCUT2D eigenvalue weighted by Gasteiger charge is 2.26. The highest BCUT2D eigenvalue weighted by atomic mass is 16.5. The highest BCUT2D eigenvalue weighted by molar-refractivity contribution is 5.97. The van der Waals surface area contributed by atoms with Crippen molar-refractivity contribution in [3.05, 3.63) is 23.8 Å². The van der Waals surface area contributed by atoms with Gasteiger partial charge in [-0.05, 0) is 31.4 Å². The third kappa shape index (κ3) is 2.98. The molecule has 2 unspecified atom stereocenters. The van der Waals surface area contributed by atoms with Gasteiger partial charge in [-0.25, -0.2) is 0 Å². The molecule has 1 aliphatic carbocycles. The number of amides is 1.